The van der Waals surface area contributed by atoms with Crippen molar-refractivity contribution in [3.63, 3.8) is 0 Å². The van der Waals surface area contributed by atoms with Gasteiger partial charge >= 0.3 is 0 Å². The molecule has 1 aromatic heterocycles. The number of rotatable bonds is 7. The van der Waals surface area contributed by atoms with Crippen LogP contribution in [0.1, 0.15) is 24.2 Å². The van der Waals surface area contributed by atoms with Gasteiger partial charge in [-0.1, -0.05) is 18.2 Å². The van der Waals surface area contributed by atoms with Crippen molar-refractivity contribution >= 4 is 5.96 Å². The van der Waals surface area contributed by atoms with E-state index in [2.05, 4.69) is 25.5 Å². The number of nitrogens with zero attached hydrogens (tertiary/aromatic N) is 3. The Balaban J connectivity index is 1.69. The first-order chi connectivity index (χ1) is 13.8. The number of hydrogen-bond donors (Lipinski definition) is 2. The fourth-order valence-corrected chi connectivity index (χ4v) is 3.22. The number of pyridine rings is 1. The molecule has 28 heavy (non-hydrogen) atoms. The van der Waals surface area contributed by atoms with E-state index in [0.29, 0.717) is 26.3 Å². The number of aliphatic imine (C=N–C) groups is 1. The summed E-state index contributed by atoms with van der Waals surface area (Å²) < 4.78 is 18.9. The van der Waals surface area contributed by atoms with Gasteiger partial charge in [0.25, 0.3) is 0 Å². The third kappa shape index (κ3) is 6.00. The zero-order valence-corrected chi connectivity index (χ0v) is 16.3. The highest BCUT2D eigenvalue weighted by Crippen LogP contribution is 2.21. The third-order valence-electron chi connectivity index (χ3n) is 4.67. The van der Waals surface area contributed by atoms with Gasteiger partial charge in [-0.05, 0) is 36.8 Å². The maximum Gasteiger partial charge on any atom is 0.191 e. The molecule has 1 saturated heterocycles. The molecule has 2 N–H and O–H groups in total. The molecule has 0 spiro atoms. The number of halogens is 1. The molecule has 1 aliphatic heterocycles. The molecule has 1 atom stereocenters. The average Bonchev–Trinajstić information content (AvgIpc) is 2.75. The van der Waals surface area contributed by atoms with Crippen molar-refractivity contribution in [1.29, 1.82) is 0 Å². The number of morpholine rings is 1. The predicted molar refractivity (Wildman–Crippen MR) is 109 cm³/mol. The predicted octanol–water partition coefficient (Wildman–Crippen LogP) is 2.35. The molecule has 0 saturated carbocycles. The highest BCUT2D eigenvalue weighted by Gasteiger charge is 2.23. The molecule has 0 radical (unpaired) electrons. The van der Waals surface area contributed by atoms with Crippen molar-refractivity contribution in [2.75, 3.05) is 39.4 Å². The van der Waals surface area contributed by atoms with Crippen LogP contribution in [0.3, 0.4) is 0 Å². The molecule has 3 rings (SSSR count). The van der Waals surface area contributed by atoms with Gasteiger partial charge in [-0.25, -0.2) is 9.38 Å². The minimum absolute atomic E-state index is 0.114. The number of hydrogen-bond acceptors (Lipinski definition) is 4. The summed E-state index contributed by atoms with van der Waals surface area (Å²) in [7, 11) is 0. The summed E-state index contributed by atoms with van der Waals surface area (Å²) in [5.74, 6) is 0.524. The lowest BCUT2D eigenvalue weighted by atomic mass is 10.0. The highest BCUT2D eigenvalue weighted by molar-refractivity contribution is 5.79. The summed E-state index contributed by atoms with van der Waals surface area (Å²) in [4.78, 5) is 11.3. The lowest BCUT2D eigenvalue weighted by Crippen LogP contribution is -2.46. The molecule has 7 heteroatoms. The number of guanidine groups is 1. The van der Waals surface area contributed by atoms with Crippen LogP contribution in [0.5, 0.6) is 0 Å². The van der Waals surface area contributed by atoms with E-state index in [9.17, 15) is 4.39 Å². The van der Waals surface area contributed by atoms with Gasteiger partial charge in [-0.3, -0.25) is 9.88 Å². The van der Waals surface area contributed by atoms with E-state index in [1.165, 1.54) is 12.1 Å². The maximum absolute atomic E-state index is 13.4. The Morgan fingerprint density at radius 1 is 1.18 bits per heavy atom. The van der Waals surface area contributed by atoms with Crippen LogP contribution in [0.25, 0.3) is 0 Å². The molecule has 1 aromatic carbocycles. The first-order valence-electron chi connectivity index (χ1n) is 9.75. The quantitative estimate of drug-likeness (QED) is 0.566. The second-order valence-electron chi connectivity index (χ2n) is 6.61. The summed E-state index contributed by atoms with van der Waals surface area (Å²) in [5.41, 5.74) is 2.00. The molecule has 0 aliphatic carbocycles. The van der Waals surface area contributed by atoms with Gasteiger partial charge in [0, 0.05) is 32.4 Å². The van der Waals surface area contributed by atoms with Crippen LogP contribution in [-0.4, -0.2) is 55.2 Å². The number of benzene rings is 1. The number of aromatic nitrogens is 1. The summed E-state index contributed by atoms with van der Waals surface area (Å²) in [6.45, 7) is 7.12. The van der Waals surface area contributed by atoms with Gasteiger partial charge in [-0.15, -0.1) is 0 Å². The summed E-state index contributed by atoms with van der Waals surface area (Å²) in [5, 5.41) is 6.72. The topological polar surface area (TPSA) is 61.8 Å². The monoisotopic (exact) mass is 385 g/mol. The summed E-state index contributed by atoms with van der Waals surface area (Å²) >= 11 is 0. The minimum Gasteiger partial charge on any atom is -0.379 e. The smallest absolute Gasteiger partial charge is 0.191 e. The maximum atomic E-state index is 13.4. The van der Waals surface area contributed by atoms with Gasteiger partial charge in [0.15, 0.2) is 5.96 Å². The second-order valence-corrected chi connectivity index (χ2v) is 6.61. The molecule has 6 nitrogen and oxygen atoms in total. The fourth-order valence-electron chi connectivity index (χ4n) is 3.22. The Morgan fingerprint density at radius 2 is 1.96 bits per heavy atom. The molecule has 1 fully saturated rings. The van der Waals surface area contributed by atoms with Crippen molar-refractivity contribution in [3.05, 3.63) is 65.7 Å². The fraction of sp³-hybridized carbons (Fsp3) is 0.429. The van der Waals surface area contributed by atoms with E-state index in [0.717, 1.165) is 36.9 Å². The largest absolute Gasteiger partial charge is 0.379 e. The Labute approximate surface area is 165 Å². The molecule has 0 bridgehead atoms. The van der Waals surface area contributed by atoms with Gasteiger partial charge in [0.05, 0.1) is 31.5 Å². The van der Waals surface area contributed by atoms with E-state index in [1.807, 2.05) is 37.3 Å². The van der Waals surface area contributed by atoms with Gasteiger partial charge < -0.3 is 15.4 Å². The van der Waals surface area contributed by atoms with E-state index < -0.39 is 0 Å². The third-order valence-corrected chi connectivity index (χ3v) is 4.67. The molecule has 2 aromatic rings. The summed E-state index contributed by atoms with van der Waals surface area (Å²) in [6, 6.07) is 12.7. The van der Waals surface area contributed by atoms with Gasteiger partial charge in [0.1, 0.15) is 5.82 Å². The Morgan fingerprint density at radius 3 is 2.64 bits per heavy atom. The standard InChI is InChI=1S/C21H28FN5O/c1-2-23-21(25-15-19-5-3-4-10-24-19)26-16-20(27-11-13-28-14-12-27)17-6-8-18(22)9-7-17/h3-10,20H,2,11-16H2,1H3,(H2,23,25,26). The highest BCUT2D eigenvalue weighted by atomic mass is 19.1. The first-order valence-corrected chi connectivity index (χ1v) is 9.75. The SMILES string of the molecule is CCNC(=NCc1ccccn1)NCC(c1ccc(F)cc1)N1CCOCC1. The zero-order valence-electron chi connectivity index (χ0n) is 16.3. The molecule has 1 aliphatic rings. The Kier molecular flexibility index (Phi) is 7.75. The molecular formula is C21H28FN5O. The Bertz CT molecular complexity index is 732. The van der Waals surface area contributed by atoms with Crippen LogP contribution in [0.4, 0.5) is 4.39 Å². The molecular weight excluding hydrogens is 357 g/mol. The first kappa shape index (κ1) is 20.2. The van der Waals surface area contributed by atoms with Gasteiger partial charge in [0.2, 0.25) is 0 Å². The second kappa shape index (κ2) is 10.7. The Hall–Kier alpha value is -2.51. The van der Waals surface area contributed by atoms with E-state index in [1.54, 1.807) is 6.20 Å². The normalized spacial score (nSPS) is 16.6. The summed E-state index contributed by atoms with van der Waals surface area (Å²) in [6.07, 6.45) is 1.77. The van der Waals surface area contributed by atoms with Crippen LogP contribution in [0.15, 0.2) is 53.7 Å². The van der Waals surface area contributed by atoms with Gasteiger partial charge in [-0.2, -0.15) is 0 Å². The average molecular weight is 385 g/mol. The van der Waals surface area contributed by atoms with Crippen LogP contribution >= 0.6 is 0 Å². The minimum atomic E-state index is -0.220. The molecule has 150 valence electrons. The number of ether oxygens (including phenoxy) is 1. The van der Waals surface area contributed by atoms with Crippen molar-refractivity contribution in [2.24, 2.45) is 4.99 Å². The number of nitrogens with one attached hydrogen (secondary N) is 2. The van der Waals surface area contributed by atoms with E-state index in [4.69, 9.17) is 4.74 Å². The molecule has 1 unspecified atom stereocenters. The van der Waals surface area contributed by atoms with Crippen LogP contribution in [0, 0.1) is 5.82 Å². The molecule has 2 heterocycles. The van der Waals surface area contributed by atoms with Crippen molar-refractivity contribution in [2.45, 2.75) is 19.5 Å². The van der Waals surface area contributed by atoms with Crippen LogP contribution < -0.4 is 10.6 Å². The zero-order chi connectivity index (χ0) is 19.6. The van der Waals surface area contributed by atoms with Crippen molar-refractivity contribution in [3.8, 4) is 0 Å². The lowest BCUT2D eigenvalue weighted by molar-refractivity contribution is 0.0170. The van der Waals surface area contributed by atoms with Crippen molar-refractivity contribution < 1.29 is 9.13 Å². The lowest BCUT2D eigenvalue weighted by Gasteiger charge is -2.35. The van der Waals surface area contributed by atoms with E-state index >= 15 is 0 Å². The van der Waals surface area contributed by atoms with Crippen LogP contribution in [-0.2, 0) is 11.3 Å². The molecule has 0 amide bonds. The van der Waals surface area contributed by atoms with Crippen LogP contribution in [0.2, 0.25) is 0 Å². The van der Waals surface area contributed by atoms with Crippen molar-refractivity contribution in [1.82, 2.24) is 20.5 Å². The van der Waals surface area contributed by atoms with E-state index in [-0.39, 0.29) is 11.9 Å².